The van der Waals surface area contributed by atoms with E-state index in [2.05, 4.69) is 11.4 Å². The summed E-state index contributed by atoms with van der Waals surface area (Å²) in [5, 5.41) is 12.1. The van der Waals surface area contributed by atoms with Crippen molar-refractivity contribution in [1.29, 1.82) is 5.26 Å². The minimum absolute atomic E-state index is 0.489. The van der Waals surface area contributed by atoms with Gasteiger partial charge in [-0.1, -0.05) is 12.1 Å². The molecule has 0 unspecified atom stereocenters. The summed E-state index contributed by atoms with van der Waals surface area (Å²) >= 11 is 0. The molecule has 0 spiro atoms. The number of hydrogen-bond donors (Lipinski definition) is 2. The average molecular weight is 223 g/mol. The number of nitrogens with two attached hydrogens (primary N) is 1. The molecule has 2 aromatic carbocycles. The molecule has 3 nitrogen and oxygen atoms in total. The van der Waals surface area contributed by atoms with Crippen LogP contribution < -0.4 is 11.1 Å². The van der Waals surface area contributed by atoms with Crippen molar-refractivity contribution in [1.82, 2.24) is 0 Å². The third-order valence-corrected chi connectivity index (χ3v) is 2.48. The van der Waals surface area contributed by atoms with Crippen molar-refractivity contribution in [3.8, 4) is 6.07 Å². The first-order valence-corrected chi connectivity index (χ1v) is 5.32. The van der Waals surface area contributed by atoms with Crippen LogP contribution in [0.4, 0.5) is 17.1 Å². The molecule has 3 N–H and O–H groups in total. The van der Waals surface area contributed by atoms with Crippen LogP contribution in [0.1, 0.15) is 11.1 Å². The largest absolute Gasteiger partial charge is 0.398 e. The van der Waals surface area contributed by atoms with Gasteiger partial charge in [-0.05, 0) is 42.8 Å². The molecule has 0 amide bonds. The Labute approximate surface area is 101 Å². The van der Waals surface area contributed by atoms with Crippen molar-refractivity contribution in [3.63, 3.8) is 0 Å². The van der Waals surface area contributed by atoms with Gasteiger partial charge in [-0.25, -0.2) is 0 Å². The van der Waals surface area contributed by atoms with Crippen molar-refractivity contribution in [2.45, 2.75) is 6.92 Å². The Balaban J connectivity index is 2.28. The van der Waals surface area contributed by atoms with E-state index < -0.39 is 0 Å². The topological polar surface area (TPSA) is 61.8 Å². The van der Waals surface area contributed by atoms with Crippen molar-refractivity contribution in [2.24, 2.45) is 0 Å². The van der Waals surface area contributed by atoms with E-state index in [1.165, 1.54) is 5.56 Å². The van der Waals surface area contributed by atoms with Gasteiger partial charge in [0.1, 0.15) is 6.07 Å². The molecule has 2 rings (SSSR count). The zero-order valence-corrected chi connectivity index (χ0v) is 9.57. The first-order chi connectivity index (χ1) is 8.19. The van der Waals surface area contributed by atoms with E-state index in [0.29, 0.717) is 11.3 Å². The maximum absolute atomic E-state index is 8.90. The molecule has 2 aromatic rings. The number of rotatable bonds is 2. The minimum Gasteiger partial charge on any atom is -0.398 e. The predicted octanol–water partition coefficient (Wildman–Crippen LogP) is 3.19. The molecule has 84 valence electrons. The van der Waals surface area contributed by atoms with Gasteiger partial charge in [0.15, 0.2) is 0 Å². The minimum atomic E-state index is 0.489. The summed E-state index contributed by atoms with van der Waals surface area (Å²) in [7, 11) is 0. The van der Waals surface area contributed by atoms with Gasteiger partial charge in [-0.3, -0.25) is 0 Å². The highest BCUT2D eigenvalue weighted by atomic mass is 14.9. The molecule has 0 heterocycles. The second-order valence-electron chi connectivity index (χ2n) is 3.91. The third-order valence-electron chi connectivity index (χ3n) is 2.48. The fourth-order valence-electron chi connectivity index (χ4n) is 1.62. The van der Waals surface area contributed by atoms with Crippen molar-refractivity contribution in [2.75, 3.05) is 11.1 Å². The molecule has 0 saturated carbocycles. The van der Waals surface area contributed by atoms with E-state index in [1.807, 2.05) is 37.3 Å². The van der Waals surface area contributed by atoms with Gasteiger partial charge in [0.25, 0.3) is 0 Å². The molecular weight excluding hydrogens is 210 g/mol. The number of benzene rings is 2. The van der Waals surface area contributed by atoms with Crippen molar-refractivity contribution >= 4 is 17.1 Å². The number of nitrogen functional groups attached to an aromatic ring is 1. The van der Waals surface area contributed by atoms with E-state index in [-0.39, 0.29) is 0 Å². The highest BCUT2D eigenvalue weighted by Crippen LogP contribution is 2.21. The molecule has 0 aromatic heterocycles. The summed E-state index contributed by atoms with van der Waals surface area (Å²) in [5.41, 5.74) is 9.71. The summed E-state index contributed by atoms with van der Waals surface area (Å²) in [6, 6.07) is 15.5. The van der Waals surface area contributed by atoms with Crippen LogP contribution in [0.15, 0.2) is 42.5 Å². The lowest BCUT2D eigenvalue weighted by atomic mass is 10.1. The third kappa shape index (κ3) is 2.56. The van der Waals surface area contributed by atoms with Gasteiger partial charge in [-0.2, -0.15) is 5.26 Å². The quantitative estimate of drug-likeness (QED) is 0.768. The number of aryl methyl sites for hydroxylation is 1. The molecule has 17 heavy (non-hydrogen) atoms. The van der Waals surface area contributed by atoms with E-state index in [9.17, 15) is 0 Å². The van der Waals surface area contributed by atoms with Gasteiger partial charge >= 0.3 is 0 Å². The van der Waals surface area contributed by atoms with E-state index in [1.54, 1.807) is 12.1 Å². The van der Waals surface area contributed by atoms with Crippen LogP contribution in [-0.2, 0) is 0 Å². The Kier molecular flexibility index (Phi) is 2.97. The lowest BCUT2D eigenvalue weighted by Crippen LogP contribution is -1.94. The zero-order chi connectivity index (χ0) is 12.3. The number of nitriles is 1. The van der Waals surface area contributed by atoms with Crippen LogP contribution in [0.25, 0.3) is 0 Å². The summed E-state index contributed by atoms with van der Waals surface area (Å²) in [5.74, 6) is 0. The van der Waals surface area contributed by atoms with Crippen LogP contribution in [0.5, 0.6) is 0 Å². The Bertz CT molecular complexity index is 582. The summed E-state index contributed by atoms with van der Waals surface area (Å²) < 4.78 is 0. The standard InChI is InChI=1S/C14H13N3/c1-10-3-2-4-12(7-10)17-13-5-6-14(16)11(8-13)9-15/h2-8,17H,16H2,1H3. The maximum Gasteiger partial charge on any atom is 0.101 e. The van der Waals surface area contributed by atoms with Crippen LogP contribution in [0, 0.1) is 18.3 Å². The Morgan fingerprint density at radius 1 is 1.12 bits per heavy atom. The zero-order valence-electron chi connectivity index (χ0n) is 9.57. The van der Waals surface area contributed by atoms with Gasteiger partial charge in [0.2, 0.25) is 0 Å². The normalized spacial score (nSPS) is 9.65. The van der Waals surface area contributed by atoms with Crippen molar-refractivity contribution < 1.29 is 0 Å². The lowest BCUT2D eigenvalue weighted by molar-refractivity contribution is 1.44. The molecule has 0 atom stereocenters. The summed E-state index contributed by atoms with van der Waals surface area (Å²) in [4.78, 5) is 0. The van der Waals surface area contributed by atoms with Crippen LogP contribution >= 0.6 is 0 Å². The number of hydrogen-bond acceptors (Lipinski definition) is 3. The highest BCUT2D eigenvalue weighted by molar-refractivity contribution is 5.67. The Morgan fingerprint density at radius 2 is 1.88 bits per heavy atom. The van der Waals surface area contributed by atoms with Gasteiger partial charge in [0, 0.05) is 17.1 Å². The Morgan fingerprint density at radius 3 is 2.59 bits per heavy atom. The average Bonchev–Trinajstić information content (AvgIpc) is 2.32. The summed E-state index contributed by atoms with van der Waals surface area (Å²) in [6.07, 6.45) is 0. The number of nitrogens with one attached hydrogen (secondary N) is 1. The van der Waals surface area contributed by atoms with E-state index >= 15 is 0 Å². The molecule has 3 heteroatoms. The van der Waals surface area contributed by atoms with Crippen molar-refractivity contribution in [3.05, 3.63) is 53.6 Å². The first kappa shape index (κ1) is 11.0. The maximum atomic E-state index is 8.90. The van der Waals surface area contributed by atoms with Gasteiger partial charge < -0.3 is 11.1 Å². The number of nitrogens with zero attached hydrogens (tertiary/aromatic N) is 1. The fraction of sp³-hybridized carbons (Fsp3) is 0.0714. The molecule has 0 aliphatic carbocycles. The molecule has 0 aliphatic heterocycles. The molecular formula is C14H13N3. The number of anilines is 3. The monoisotopic (exact) mass is 223 g/mol. The summed E-state index contributed by atoms with van der Waals surface area (Å²) in [6.45, 7) is 2.04. The lowest BCUT2D eigenvalue weighted by Gasteiger charge is -2.08. The van der Waals surface area contributed by atoms with Crippen LogP contribution in [-0.4, -0.2) is 0 Å². The molecule has 0 radical (unpaired) electrons. The second-order valence-corrected chi connectivity index (χ2v) is 3.91. The predicted molar refractivity (Wildman–Crippen MR) is 70.0 cm³/mol. The molecule has 0 fully saturated rings. The Hall–Kier alpha value is -2.47. The fourth-order valence-corrected chi connectivity index (χ4v) is 1.62. The second kappa shape index (κ2) is 4.58. The van der Waals surface area contributed by atoms with E-state index in [4.69, 9.17) is 11.0 Å². The van der Waals surface area contributed by atoms with E-state index in [0.717, 1.165) is 11.4 Å². The SMILES string of the molecule is Cc1cccc(Nc2ccc(N)c(C#N)c2)c1. The van der Waals surface area contributed by atoms with Gasteiger partial charge in [0.05, 0.1) is 5.56 Å². The van der Waals surface area contributed by atoms with Crippen LogP contribution in [0.2, 0.25) is 0 Å². The first-order valence-electron chi connectivity index (χ1n) is 5.32. The highest BCUT2D eigenvalue weighted by Gasteiger charge is 2.00. The smallest absolute Gasteiger partial charge is 0.101 e. The van der Waals surface area contributed by atoms with Crippen LogP contribution in [0.3, 0.4) is 0 Å². The molecule has 0 saturated heterocycles. The molecule has 0 aliphatic rings. The molecule has 0 bridgehead atoms. The van der Waals surface area contributed by atoms with Gasteiger partial charge in [-0.15, -0.1) is 0 Å².